The molecule has 1 aromatic rings. The highest BCUT2D eigenvalue weighted by Gasteiger charge is 1.95. The Balaban J connectivity index is 1.73. The van der Waals surface area contributed by atoms with E-state index in [0.29, 0.717) is 0 Å². The van der Waals surface area contributed by atoms with E-state index in [0.717, 1.165) is 31.8 Å². The minimum absolute atomic E-state index is 0.857. The van der Waals surface area contributed by atoms with Crippen molar-refractivity contribution >= 4 is 11.8 Å². The van der Waals surface area contributed by atoms with E-state index in [4.69, 9.17) is 10.00 Å². The van der Waals surface area contributed by atoms with Gasteiger partial charge in [0.05, 0.1) is 0 Å². The standard InChI is InChI=1S/C19H30N2OS/c20-18-23-16-8-6-4-2-1-3-5-7-14-22-15-10-12-19-11-9-13-21-17-19/h9,11,13,17H,1-8,10,12,14-16H2. The number of nitrogens with zero attached hydrogens (tertiary/aromatic N) is 2. The molecule has 1 aromatic heterocycles. The summed E-state index contributed by atoms with van der Waals surface area (Å²) in [6.07, 6.45) is 16.1. The summed E-state index contributed by atoms with van der Waals surface area (Å²) in [6, 6.07) is 4.11. The van der Waals surface area contributed by atoms with Crippen molar-refractivity contribution in [2.75, 3.05) is 19.0 Å². The predicted octanol–water partition coefficient (Wildman–Crippen LogP) is 5.37. The average molecular weight is 335 g/mol. The van der Waals surface area contributed by atoms with Gasteiger partial charge in [0.1, 0.15) is 5.40 Å². The number of ether oxygens (including phenoxy) is 1. The zero-order valence-corrected chi connectivity index (χ0v) is 15.0. The Bertz CT molecular complexity index is 406. The Morgan fingerprint density at radius 1 is 0.957 bits per heavy atom. The van der Waals surface area contributed by atoms with Gasteiger partial charge in [-0.2, -0.15) is 5.26 Å². The number of aryl methyl sites for hydroxylation is 1. The average Bonchev–Trinajstić information content (AvgIpc) is 2.59. The van der Waals surface area contributed by atoms with Crippen molar-refractivity contribution in [2.45, 2.75) is 64.2 Å². The molecule has 0 aliphatic carbocycles. The van der Waals surface area contributed by atoms with Gasteiger partial charge in [0.2, 0.25) is 0 Å². The van der Waals surface area contributed by atoms with Gasteiger partial charge < -0.3 is 4.74 Å². The summed E-state index contributed by atoms with van der Waals surface area (Å²) in [5.74, 6) is 0.995. The largest absolute Gasteiger partial charge is 0.381 e. The lowest BCUT2D eigenvalue weighted by molar-refractivity contribution is 0.127. The first-order valence-electron chi connectivity index (χ1n) is 8.91. The zero-order chi connectivity index (χ0) is 16.4. The Morgan fingerprint density at radius 2 is 1.65 bits per heavy atom. The summed E-state index contributed by atoms with van der Waals surface area (Å²) in [4.78, 5) is 4.12. The number of aromatic nitrogens is 1. The molecule has 0 saturated carbocycles. The van der Waals surface area contributed by atoms with Crippen molar-refractivity contribution < 1.29 is 4.74 Å². The molecule has 0 unspecified atom stereocenters. The minimum atomic E-state index is 0.857. The highest BCUT2D eigenvalue weighted by molar-refractivity contribution is 8.03. The maximum Gasteiger partial charge on any atom is 0.133 e. The Labute approximate surface area is 145 Å². The van der Waals surface area contributed by atoms with E-state index in [-0.39, 0.29) is 0 Å². The van der Waals surface area contributed by atoms with Crippen molar-refractivity contribution in [3.63, 3.8) is 0 Å². The number of rotatable bonds is 15. The minimum Gasteiger partial charge on any atom is -0.381 e. The highest BCUT2D eigenvalue weighted by Crippen LogP contribution is 2.10. The molecule has 0 aromatic carbocycles. The maximum absolute atomic E-state index is 8.41. The molecule has 4 heteroatoms. The van der Waals surface area contributed by atoms with Crippen LogP contribution >= 0.6 is 11.8 Å². The van der Waals surface area contributed by atoms with Crippen LogP contribution in [0.5, 0.6) is 0 Å². The smallest absolute Gasteiger partial charge is 0.133 e. The first-order chi connectivity index (χ1) is 11.4. The summed E-state index contributed by atoms with van der Waals surface area (Å²) >= 11 is 1.38. The maximum atomic E-state index is 8.41. The summed E-state index contributed by atoms with van der Waals surface area (Å²) in [5.41, 5.74) is 1.29. The molecule has 0 aliphatic rings. The van der Waals surface area contributed by atoms with Crippen LogP contribution in [0.3, 0.4) is 0 Å². The molecule has 1 heterocycles. The van der Waals surface area contributed by atoms with E-state index in [1.807, 2.05) is 18.5 Å². The van der Waals surface area contributed by atoms with E-state index in [1.54, 1.807) is 0 Å². The molecule has 1 rings (SSSR count). The molecule has 3 nitrogen and oxygen atoms in total. The predicted molar refractivity (Wildman–Crippen MR) is 98.4 cm³/mol. The van der Waals surface area contributed by atoms with Gasteiger partial charge in [-0.15, -0.1) is 0 Å². The van der Waals surface area contributed by atoms with Crippen molar-refractivity contribution in [3.05, 3.63) is 30.1 Å². The summed E-state index contributed by atoms with van der Waals surface area (Å²) < 4.78 is 5.69. The molecule has 0 saturated heterocycles. The molecule has 0 N–H and O–H groups in total. The van der Waals surface area contributed by atoms with Crippen LogP contribution in [0, 0.1) is 10.7 Å². The van der Waals surface area contributed by atoms with Gasteiger partial charge in [-0.3, -0.25) is 4.98 Å². The van der Waals surface area contributed by atoms with Gasteiger partial charge in [-0.25, -0.2) is 0 Å². The third kappa shape index (κ3) is 13.1. The second-order valence-electron chi connectivity index (χ2n) is 5.85. The molecule has 0 amide bonds. The van der Waals surface area contributed by atoms with Crippen LogP contribution in [-0.2, 0) is 11.2 Å². The number of thioether (sulfide) groups is 1. The van der Waals surface area contributed by atoms with Gasteiger partial charge in [0.25, 0.3) is 0 Å². The first kappa shape index (κ1) is 20.0. The summed E-state index contributed by atoms with van der Waals surface area (Å²) in [5, 5.41) is 10.5. The van der Waals surface area contributed by atoms with Crippen molar-refractivity contribution in [1.82, 2.24) is 4.98 Å². The number of pyridine rings is 1. The van der Waals surface area contributed by atoms with E-state index >= 15 is 0 Å². The van der Waals surface area contributed by atoms with Gasteiger partial charge in [-0.05, 0) is 49.1 Å². The second-order valence-corrected chi connectivity index (χ2v) is 6.72. The normalized spacial score (nSPS) is 10.6. The fraction of sp³-hybridized carbons (Fsp3) is 0.684. The van der Waals surface area contributed by atoms with Crippen LogP contribution in [0.15, 0.2) is 24.5 Å². The second kappa shape index (κ2) is 15.8. The van der Waals surface area contributed by atoms with Crippen LogP contribution in [0.25, 0.3) is 0 Å². The molecule has 0 spiro atoms. The van der Waals surface area contributed by atoms with Crippen molar-refractivity contribution in [1.29, 1.82) is 5.26 Å². The molecule has 0 fully saturated rings. The molecule has 128 valence electrons. The number of nitriles is 1. The fourth-order valence-corrected chi connectivity index (χ4v) is 2.95. The van der Waals surface area contributed by atoms with Gasteiger partial charge >= 0.3 is 0 Å². The third-order valence-corrected chi connectivity index (χ3v) is 4.45. The highest BCUT2D eigenvalue weighted by atomic mass is 32.2. The Hall–Kier alpha value is -1.05. The Morgan fingerprint density at radius 3 is 2.35 bits per heavy atom. The SMILES string of the molecule is N#CSCCCCCCCCCCOCCCc1cccnc1. The molecule has 0 radical (unpaired) electrons. The molecule has 23 heavy (non-hydrogen) atoms. The van der Waals surface area contributed by atoms with E-state index < -0.39 is 0 Å². The topological polar surface area (TPSA) is 45.9 Å². The zero-order valence-electron chi connectivity index (χ0n) is 14.2. The lowest BCUT2D eigenvalue weighted by Gasteiger charge is -2.05. The first-order valence-corrected chi connectivity index (χ1v) is 9.89. The van der Waals surface area contributed by atoms with Crippen LogP contribution in [-0.4, -0.2) is 24.0 Å². The number of thiocyanates is 1. The molecular weight excluding hydrogens is 304 g/mol. The van der Waals surface area contributed by atoms with E-state index in [1.165, 1.54) is 68.7 Å². The van der Waals surface area contributed by atoms with E-state index in [9.17, 15) is 0 Å². The monoisotopic (exact) mass is 334 g/mol. The molecule has 0 aliphatic heterocycles. The molecular formula is C19H30N2OS. The van der Waals surface area contributed by atoms with Gasteiger partial charge in [0.15, 0.2) is 0 Å². The van der Waals surface area contributed by atoms with Crippen LogP contribution in [0.4, 0.5) is 0 Å². The van der Waals surface area contributed by atoms with Crippen molar-refractivity contribution in [3.8, 4) is 5.40 Å². The lowest BCUT2D eigenvalue weighted by Crippen LogP contribution is -1.99. The Kier molecular flexibility index (Phi) is 13.8. The number of hydrogen-bond donors (Lipinski definition) is 0. The van der Waals surface area contributed by atoms with Gasteiger partial charge in [0, 0.05) is 31.4 Å². The lowest BCUT2D eigenvalue weighted by atomic mass is 10.1. The quantitative estimate of drug-likeness (QED) is 0.320. The summed E-state index contributed by atoms with van der Waals surface area (Å²) in [6.45, 7) is 1.76. The summed E-state index contributed by atoms with van der Waals surface area (Å²) in [7, 11) is 0. The van der Waals surface area contributed by atoms with Crippen LogP contribution < -0.4 is 0 Å². The number of unbranched alkanes of at least 4 members (excludes halogenated alkanes) is 7. The number of hydrogen-bond acceptors (Lipinski definition) is 4. The van der Waals surface area contributed by atoms with Crippen LogP contribution in [0.1, 0.15) is 63.4 Å². The molecule has 0 atom stereocenters. The van der Waals surface area contributed by atoms with Crippen molar-refractivity contribution in [2.24, 2.45) is 0 Å². The molecule has 0 bridgehead atoms. The fourth-order valence-electron chi connectivity index (χ4n) is 2.51. The third-order valence-electron chi connectivity index (χ3n) is 3.83. The van der Waals surface area contributed by atoms with E-state index in [2.05, 4.69) is 16.5 Å². The van der Waals surface area contributed by atoms with Crippen LogP contribution in [0.2, 0.25) is 0 Å². The van der Waals surface area contributed by atoms with Gasteiger partial charge in [-0.1, -0.05) is 44.6 Å².